The van der Waals surface area contributed by atoms with E-state index in [4.69, 9.17) is 0 Å². The molecule has 0 aliphatic heterocycles. The van der Waals surface area contributed by atoms with Gasteiger partial charge in [0, 0.05) is 0 Å². The molecule has 1 aliphatic rings. The fourth-order valence-electron chi connectivity index (χ4n) is 1.69. The smallest absolute Gasteiger partial charge is 0.0231 e. The van der Waals surface area contributed by atoms with E-state index in [9.17, 15) is 0 Å². The number of unbranched alkanes of at least 4 members (excludes halogenated alkanes) is 1. The molecule has 0 fully saturated rings. The molecule has 1 aliphatic carbocycles. The van der Waals surface area contributed by atoms with Gasteiger partial charge in [0.25, 0.3) is 0 Å². The molecule has 58 valence electrons. The summed E-state index contributed by atoms with van der Waals surface area (Å²) < 4.78 is 0. The molecule has 10 heavy (non-hydrogen) atoms. The van der Waals surface area contributed by atoms with Crippen LogP contribution in [0.25, 0.3) is 0 Å². The topological polar surface area (TPSA) is 0 Å². The first-order valence-corrected chi connectivity index (χ1v) is 4.51. The fraction of sp³-hybridized carbons (Fsp3) is 0.800. The summed E-state index contributed by atoms with van der Waals surface area (Å²) in [7, 11) is 0. The monoisotopic (exact) mass is 138 g/mol. The number of rotatable bonds is 3. The van der Waals surface area contributed by atoms with E-state index in [-0.39, 0.29) is 0 Å². The zero-order chi connectivity index (χ0) is 7.40. The second-order valence-corrected chi connectivity index (χ2v) is 3.43. The Morgan fingerprint density at radius 1 is 1.50 bits per heavy atom. The van der Waals surface area contributed by atoms with Gasteiger partial charge in [-0.05, 0) is 24.7 Å². The Morgan fingerprint density at radius 2 is 2.30 bits per heavy atom. The van der Waals surface area contributed by atoms with Crippen LogP contribution < -0.4 is 0 Å². The van der Waals surface area contributed by atoms with E-state index >= 15 is 0 Å². The maximum atomic E-state index is 2.36. The van der Waals surface area contributed by atoms with E-state index in [0.717, 1.165) is 11.8 Å². The molecular weight excluding hydrogens is 120 g/mol. The van der Waals surface area contributed by atoms with Crippen LogP contribution >= 0.6 is 0 Å². The van der Waals surface area contributed by atoms with E-state index in [1.807, 2.05) is 0 Å². The summed E-state index contributed by atoms with van der Waals surface area (Å²) in [4.78, 5) is 0. The van der Waals surface area contributed by atoms with Crippen LogP contribution in [0.5, 0.6) is 0 Å². The highest BCUT2D eigenvalue weighted by molar-refractivity contribution is 4.98. The second-order valence-electron chi connectivity index (χ2n) is 3.43. The lowest BCUT2D eigenvalue weighted by molar-refractivity contribution is 0.406. The molecule has 0 N–H and O–H groups in total. The predicted molar refractivity (Wildman–Crippen MR) is 45.9 cm³/mol. The van der Waals surface area contributed by atoms with Crippen molar-refractivity contribution in [2.24, 2.45) is 11.8 Å². The van der Waals surface area contributed by atoms with Crippen LogP contribution in [-0.4, -0.2) is 0 Å². The van der Waals surface area contributed by atoms with Crippen LogP contribution in [0.2, 0.25) is 0 Å². The van der Waals surface area contributed by atoms with Crippen LogP contribution in [-0.2, 0) is 0 Å². The maximum Gasteiger partial charge on any atom is -0.0231 e. The SMILES string of the molecule is CCCCC1CC=CC1C. The maximum absolute atomic E-state index is 2.36. The van der Waals surface area contributed by atoms with Gasteiger partial charge in [-0.15, -0.1) is 0 Å². The van der Waals surface area contributed by atoms with Gasteiger partial charge in [0.1, 0.15) is 0 Å². The zero-order valence-electron chi connectivity index (χ0n) is 7.14. The Kier molecular flexibility index (Phi) is 2.98. The van der Waals surface area contributed by atoms with Crippen molar-refractivity contribution >= 4 is 0 Å². The highest BCUT2D eigenvalue weighted by Crippen LogP contribution is 2.28. The van der Waals surface area contributed by atoms with Crippen molar-refractivity contribution in [2.75, 3.05) is 0 Å². The number of hydrogen-bond donors (Lipinski definition) is 0. The Balaban J connectivity index is 2.17. The van der Waals surface area contributed by atoms with Gasteiger partial charge in [0.2, 0.25) is 0 Å². The number of hydrogen-bond acceptors (Lipinski definition) is 0. The van der Waals surface area contributed by atoms with Crippen molar-refractivity contribution in [3.63, 3.8) is 0 Å². The molecule has 2 unspecified atom stereocenters. The first-order valence-electron chi connectivity index (χ1n) is 4.51. The minimum atomic E-state index is 0.853. The normalized spacial score (nSPS) is 31.4. The van der Waals surface area contributed by atoms with E-state index in [1.54, 1.807) is 0 Å². The third-order valence-electron chi connectivity index (χ3n) is 2.55. The van der Waals surface area contributed by atoms with Gasteiger partial charge in [-0.2, -0.15) is 0 Å². The molecule has 0 nitrogen and oxygen atoms in total. The van der Waals surface area contributed by atoms with Gasteiger partial charge < -0.3 is 0 Å². The zero-order valence-corrected chi connectivity index (χ0v) is 7.14. The Bertz CT molecular complexity index is 113. The molecule has 0 heteroatoms. The van der Waals surface area contributed by atoms with Crippen LogP contribution in [0.15, 0.2) is 12.2 Å². The first kappa shape index (κ1) is 7.84. The fourth-order valence-corrected chi connectivity index (χ4v) is 1.69. The minimum absolute atomic E-state index is 0.853. The highest BCUT2D eigenvalue weighted by atomic mass is 14.2. The van der Waals surface area contributed by atoms with Gasteiger partial charge in [-0.1, -0.05) is 38.8 Å². The first-order chi connectivity index (χ1) is 4.84. The average molecular weight is 138 g/mol. The lowest BCUT2D eigenvalue weighted by Gasteiger charge is -2.13. The van der Waals surface area contributed by atoms with Gasteiger partial charge in [0.15, 0.2) is 0 Å². The summed E-state index contributed by atoms with van der Waals surface area (Å²) in [6, 6.07) is 0. The molecule has 0 saturated heterocycles. The third-order valence-corrected chi connectivity index (χ3v) is 2.55. The molecule has 0 bridgehead atoms. The van der Waals surface area contributed by atoms with Crippen molar-refractivity contribution in [3.8, 4) is 0 Å². The summed E-state index contributed by atoms with van der Waals surface area (Å²) in [6.45, 7) is 4.61. The molecule has 0 aromatic carbocycles. The second kappa shape index (κ2) is 3.80. The molecule has 0 heterocycles. The summed E-state index contributed by atoms with van der Waals surface area (Å²) in [6.07, 6.45) is 10.2. The van der Waals surface area contributed by atoms with E-state index in [1.165, 1.54) is 25.7 Å². The van der Waals surface area contributed by atoms with Crippen molar-refractivity contribution in [2.45, 2.75) is 39.5 Å². The molecule has 0 saturated carbocycles. The third kappa shape index (κ3) is 1.86. The van der Waals surface area contributed by atoms with E-state index in [2.05, 4.69) is 26.0 Å². The van der Waals surface area contributed by atoms with Crippen molar-refractivity contribution < 1.29 is 0 Å². The minimum Gasteiger partial charge on any atom is -0.0880 e. The molecule has 0 radical (unpaired) electrons. The average Bonchev–Trinajstić information content (AvgIpc) is 2.31. The predicted octanol–water partition coefficient (Wildman–Crippen LogP) is 3.39. The van der Waals surface area contributed by atoms with Gasteiger partial charge in [-0.3, -0.25) is 0 Å². The summed E-state index contributed by atoms with van der Waals surface area (Å²) in [5, 5.41) is 0. The van der Waals surface area contributed by atoms with Gasteiger partial charge >= 0.3 is 0 Å². The van der Waals surface area contributed by atoms with Crippen LogP contribution in [0.4, 0.5) is 0 Å². The molecule has 0 amide bonds. The van der Waals surface area contributed by atoms with E-state index in [0.29, 0.717) is 0 Å². The van der Waals surface area contributed by atoms with Crippen molar-refractivity contribution in [1.29, 1.82) is 0 Å². The van der Waals surface area contributed by atoms with Crippen LogP contribution in [0, 0.1) is 11.8 Å². The molecule has 0 spiro atoms. The summed E-state index contributed by atoms with van der Waals surface area (Å²) in [5.41, 5.74) is 0. The standard InChI is InChI=1S/C10H18/c1-3-4-7-10-8-5-6-9(10)2/h5-6,9-10H,3-4,7-8H2,1-2H3. The van der Waals surface area contributed by atoms with Crippen molar-refractivity contribution in [1.82, 2.24) is 0 Å². The summed E-state index contributed by atoms with van der Waals surface area (Å²) in [5.74, 6) is 1.83. The molecule has 0 aromatic rings. The van der Waals surface area contributed by atoms with Gasteiger partial charge in [0.05, 0.1) is 0 Å². The van der Waals surface area contributed by atoms with Crippen LogP contribution in [0.3, 0.4) is 0 Å². The van der Waals surface area contributed by atoms with Crippen molar-refractivity contribution in [3.05, 3.63) is 12.2 Å². The lowest BCUT2D eigenvalue weighted by atomic mass is 9.92. The summed E-state index contributed by atoms with van der Waals surface area (Å²) >= 11 is 0. The number of allylic oxidation sites excluding steroid dienone is 2. The Morgan fingerprint density at radius 3 is 2.80 bits per heavy atom. The Labute approximate surface area is 64.3 Å². The highest BCUT2D eigenvalue weighted by Gasteiger charge is 2.16. The largest absolute Gasteiger partial charge is 0.0880 e. The Hall–Kier alpha value is -0.260. The lowest BCUT2D eigenvalue weighted by Crippen LogP contribution is -2.03. The van der Waals surface area contributed by atoms with E-state index < -0.39 is 0 Å². The molecule has 1 rings (SSSR count). The van der Waals surface area contributed by atoms with Crippen LogP contribution in [0.1, 0.15) is 39.5 Å². The molecule has 0 aromatic heterocycles. The quantitative estimate of drug-likeness (QED) is 0.524. The van der Waals surface area contributed by atoms with Gasteiger partial charge in [-0.25, -0.2) is 0 Å². The molecule has 2 atom stereocenters. The molecular formula is C10H18.